The summed E-state index contributed by atoms with van der Waals surface area (Å²) >= 11 is 0. The summed E-state index contributed by atoms with van der Waals surface area (Å²) in [5.41, 5.74) is 6.78. The SMILES string of the molecule is CC1(N(N)C2CC=NC=C2N)CC1. The van der Waals surface area contributed by atoms with Gasteiger partial charge in [-0.25, -0.2) is 5.01 Å². The van der Waals surface area contributed by atoms with E-state index in [1.807, 2.05) is 11.2 Å². The lowest BCUT2D eigenvalue weighted by atomic mass is 10.1. The fourth-order valence-electron chi connectivity index (χ4n) is 1.61. The Morgan fingerprint density at radius 1 is 1.62 bits per heavy atom. The van der Waals surface area contributed by atoms with E-state index >= 15 is 0 Å². The van der Waals surface area contributed by atoms with Gasteiger partial charge in [-0.05, 0) is 19.8 Å². The standard InChI is InChI=1S/C9H16N4/c1-9(3-4-9)13(11)8-2-5-12-6-7(8)10/h5-6,8H,2-4,10-11H2,1H3. The largest absolute Gasteiger partial charge is 0.399 e. The van der Waals surface area contributed by atoms with E-state index in [0.29, 0.717) is 0 Å². The van der Waals surface area contributed by atoms with Crippen molar-refractivity contribution in [3.05, 3.63) is 11.9 Å². The van der Waals surface area contributed by atoms with E-state index in [1.165, 1.54) is 12.8 Å². The van der Waals surface area contributed by atoms with E-state index in [9.17, 15) is 0 Å². The van der Waals surface area contributed by atoms with Gasteiger partial charge < -0.3 is 5.73 Å². The van der Waals surface area contributed by atoms with Crippen LogP contribution in [0.4, 0.5) is 0 Å². The average Bonchev–Trinajstić information content (AvgIpc) is 2.85. The van der Waals surface area contributed by atoms with Crippen LogP contribution in [0.15, 0.2) is 16.9 Å². The van der Waals surface area contributed by atoms with Crippen LogP contribution in [-0.4, -0.2) is 22.8 Å². The highest BCUT2D eigenvalue weighted by molar-refractivity contribution is 5.61. The molecule has 0 amide bonds. The molecule has 0 spiro atoms. The third kappa shape index (κ3) is 1.47. The minimum absolute atomic E-state index is 0.144. The Hall–Kier alpha value is -0.870. The van der Waals surface area contributed by atoms with Crippen LogP contribution in [0.2, 0.25) is 0 Å². The Balaban J connectivity index is 2.08. The van der Waals surface area contributed by atoms with Crippen LogP contribution in [0.5, 0.6) is 0 Å². The Labute approximate surface area is 78.3 Å². The van der Waals surface area contributed by atoms with Crippen LogP contribution < -0.4 is 11.6 Å². The number of nitrogens with two attached hydrogens (primary N) is 2. The normalized spacial score (nSPS) is 30.4. The summed E-state index contributed by atoms with van der Waals surface area (Å²) in [6.45, 7) is 2.17. The van der Waals surface area contributed by atoms with Crippen LogP contribution in [-0.2, 0) is 0 Å². The Morgan fingerprint density at radius 3 is 2.85 bits per heavy atom. The van der Waals surface area contributed by atoms with E-state index in [2.05, 4.69) is 11.9 Å². The first-order valence-electron chi connectivity index (χ1n) is 4.65. The van der Waals surface area contributed by atoms with Crippen molar-refractivity contribution in [2.75, 3.05) is 0 Å². The number of rotatable bonds is 2. The van der Waals surface area contributed by atoms with E-state index in [0.717, 1.165) is 12.1 Å². The minimum atomic E-state index is 0.144. The maximum Gasteiger partial charge on any atom is 0.0706 e. The van der Waals surface area contributed by atoms with E-state index < -0.39 is 0 Å². The quantitative estimate of drug-likeness (QED) is 0.476. The van der Waals surface area contributed by atoms with Crippen molar-refractivity contribution >= 4 is 6.21 Å². The molecule has 0 aromatic rings. The molecule has 4 heteroatoms. The number of nitrogens with zero attached hydrogens (tertiary/aromatic N) is 2. The molecule has 0 saturated heterocycles. The summed E-state index contributed by atoms with van der Waals surface area (Å²) in [6.07, 6.45) is 6.73. The Morgan fingerprint density at radius 2 is 2.31 bits per heavy atom. The molecule has 1 heterocycles. The molecule has 0 aromatic heterocycles. The molecule has 72 valence electrons. The van der Waals surface area contributed by atoms with Gasteiger partial charge in [0.2, 0.25) is 0 Å². The summed E-state index contributed by atoms with van der Waals surface area (Å²) in [6, 6.07) is 0.144. The van der Waals surface area contributed by atoms with Crippen molar-refractivity contribution in [2.45, 2.75) is 37.8 Å². The second-order valence-corrected chi connectivity index (χ2v) is 4.12. The molecule has 0 radical (unpaired) electrons. The third-order valence-electron chi connectivity index (χ3n) is 2.98. The van der Waals surface area contributed by atoms with Crippen LogP contribution in [0.25, 0.3) is 0 Å². The van der Waals surface area contributed by atoms with Gasteiger partial charge in [0.05, 0.1) is 6.04 Å². The van der Waals surface area contributed by atoms with Gasteiger partial charge in [0.25, 0.3) is 0 Å². The number of hydrogen-bond donors (Lipinski definition) is 2. The summed E-state index contributed by atoms with van der Waals surface area (Å²) in [5.74, 6) is 6.03. The molecule has 1 atom stereocenters. The molecular formula is C9H16N4. The van der Waals surface area contributed by atoms with Gasteiger partial charge in [-0.15, -0.1) is 0 Å². The zero-order chi connectivity index (χ0) is 9.47. The highest BCUT2D eigenvalue weighted by Crippen LogP contribution is 2.41. The second kappa shape index (κ2) is 2.82. The second-order valence-electron chi connectivity index (χ2n) is 4.12. The van der Waals surface area contributed by atoms with Gasteiger partial charge in [-0.2, -0.15) is 0 Å². The average molecular weight is 180 g/mol. The zero-order valence-corrected chi connectivity index (χ0v) is 7.90. The maximum atomic E-state index is 6.03. The van der Waals surface area contributed by atoms with Crippen LogP contribution in [0.1, 0.15) is 26.2 Å². The molecule has 13 heavy (non-hydrogen) atoms. The lowest BCUT2D eigenvalue weighted by Gasteiger charge is -2.33. The molecule has 0 aromatic carbocycles. The van der Waals surface area contributed by atoms with Crippen molar-refractivity contribution in [2.24, 2.45) is 16.6 Å². The van der Waals surface area contributed by atoms with Gasteiger partial charge in [0, 0.05) is 30.1 Å². The van der Waals surface area contributed by atoms with Crippen LogP contribution in [0.3, 0.4) is 0 Å². The predicted molar refractivity (Wildman–Crippen MR) is 52.8 cm³/mol. The maximum absolute atomic E-state index is 6.03. The molecule has 4 nitrogen and oxygen atoms in total. The first kappa shape index (κ1) is 8.72. The Bertz CT molecular complexity index is 265. The molecular weight excluding hydrogens is 164 g/mol. The van der Waals surface area contributed by atoms with Crippen molar-refractivity contribution < 1.29 is 0 Å². The van der Waals surface area contributed by atoms with Gasteiger partial charge in [0.1, 0.15) is 0 Å². The summed E-state index contributed by atoms with van der Waals surface area (Å²) < 4.78 is 0. The lowest BCUT2D eigenvalue weighted by molar-refractivity contribution is 0.151. The lowest BCUT2D eigenvalue weighted by Crippen LogP contribution is -2.51. The minimum Gasteiger partial charge on any atom is -0.399 e. The monoisotopic (exact) mass is 180 g/mol. The molecule has 0 bridgehead atoms. The molecule has 4 N–H and O–H groups in total. The molecule has 1 saturated carbocycles. The van der Waals surface area contributed by atoms with Crippen molar-refractivity contribution in [1.82, 2.24) is 5.01 Å². The summed E-state index contributed by atoms with van der Waals surface area (Å²) in [5, 5.41) is 1.89. The first-order chi connectivity index (χ1) is 6.13. The van der Waals surface area contributed by atoms with Gasteiger partial charge in [-0.1, -0.05) is 0 Å². The van der Waals surface area contributed by atoms with Crippen molar-refractivity contribution in [1.29, 1.82) is 0 Å². The predicted octanol–water partition coefficient (Wildman–Crippen LogP) is 0.358. The Kier molecular flexibility index (Phi) is 1.89. The van der Waals surface area contributed by atoms with Crippen molar-refractivity contribution in [3.63, 3.8) is 0 Å². The number of hydrogen-bond acceptors (Lipinski definition) is 4. The smallest absolute Gasteiger partial charge is 0.0706 e. The molecule has 1 fully saturated rings. The number of hydrazine groups is 1. The van der Waals surface area contributed by atoms with Crippen molar-refractivity contribution in [3.8, 4) is 0 Å². The van der Waals surface area contributed by atoms with Gasteiger partial charge >= 0.3 is 0 Å². The van der Waals surface area contributed by atoms with Gasteiger partial charge in [0.15, 0.2) is 0 Å². The van der Waals surface area contributed by atoms with Crippen LogP contribution in [0, 0.1) is 0 Å². The fourth-order valence-corrected chi connectivity index (χ4v) is 1.61. The topological polar surface area (TPSA) is 67.6 Å². The molecule has 1 unspecified atom stereocenters. The highest BCUT2D eigenvalue weighted by atomic mass is 15.5. The summed E-state index contributed by atoms with van der Waals surface area (Å²) in [7, 11) is 0. The molecule has 2 rings (SSSR count). The summed E-state index contributed by atoms with van der Waals surface area (Å²) in [4.78, 5) is 4.00. The molecule has 2 aliphatic rings. The third-order valence-corrected chi connectivity index (χ3v) is 2.98. The number of aliphatic imine (C=N–C) groups is 1. The fraction of sp³-hybridized carbons (Fsp3) is 0.667. The van der Waals surface area contributed by atoms with Crippen LogP contribution >= 0.6 is 0 Å². The first-order valence-corrected chi connectivity index (χ1v) is 4.65. The molecule has 1 aliphatic carbocycles. The van der Waals surface area contributed by atoms with E-state index in [-0.39, 0.29) is 11.6 Å². The van der Waals surface area contributed by atoms with Gasteiger partial charge in [-0.3, -0.25) is 10.8 Å². The van der Waals surface area contributed by atoms with E-state index in [4.69, 9.17) is 11.6 Å². The highest BCUT2D eigenvalue weighted by Gasteiger charge is 2.45. The molecule has 1 aliphatic heterocycles. The zero-order valence-electron chi connectivity index (χ0n) is 7.90. The van der Waals surface area contributed by atoms with E-state index in [1.54, 1.807) is 6.20 Å².